The summed E-state index contributed by atoms with van der Waals surface area (Å²) in [6.45, 7) is 2.56. The van der Waals surface area contributed by atoms with Crippen LogP contribution in [-0.2, 0) is 9.47 Å². The van der Waals surface area contributed by atoms with Crippen LogP contribution in [0.5, 0.6) is 0 Å². The standard InChI is InChI=1S/C10H18N2O4S/c1-3-11-10-12-6-8(15-2)7(14)5(4-13)16-9(6)17-10/h5-9,13-14H,3-4H2,1-2H3,(H,11,12)/t5-,6-,7-,8-,9-/m1/s1. The van der Waals surface area contributed by atoms with Crippen molar-refractivity contribution >= 4 is 16.9 Å². The van der Waals surface area contributed by atoms with E-state index in [1.54, 1.807) is 0 Å². The van der Waals surface area contributed by atoms with Gasteiger partial charge in [-0.15, -0.1) is 0 Å². The van der Waals surface area contributed by atoms with Gasteiger partial charge in [-0.05, 0) is 6.92 Å². The molecule has 0 bridgehead atoms. The van der Waals surface area contributed by atoms with Crippen LogP contribution >= 0.6 is 11.8 Å². The van der Waals surface area contributed by atoms with Gasteiger partial charge < -0.3 is 25.0 Å². The van der Waals surface area contributed by atoms with E-state index in [1.165, 1.54) is 18.9 Å². The molecule has 98 valence electrons. The average molecular weight is 262 g/mol. The molecule has 0 aromatic heterocycles. The fourth-order valence-corrected chi connectivity index (χ4v) is 3.26. The Morgan fingerprint density at radius 3 is 2.94 bits per heavy atom. The van der Waals surface area contributed by atoms with Gasteiger partial charge in [0.25, 0.3) is 0 Å². The van der Waals surface area contributed by atoms with E-state index in [4.69, 9.17) is 14.6 Å². The molecule has 0 aromatic rings. The Morgan fingerprint density at radius 2 is 2.35 bits per heavy atom. The van der Waals surface area contributed by atoms with Crippen molar-refractivity contribution in [2.45, 2.75) is 36.7 Å². The maximum Gasteiger partial charge on any atom is 0.159 e. The molecule has 0 amide bonds. The molecule has 0 aromatic carbocycles. The number of nitrogens with one attached hydrogen (secondary N) is 1. The summed E-state index contributed by atoms with van der Waals surface area (Å²) in [5.74, 6) is 0. The fourth-order valence-electron chi connectivity index (χ4n) is 2.08. The van der Waals surface area contributed by atoms with Gasteiger partial charge in [-0.3, -0.25) is 4.99 Å². The lowest BCUT2D eigenvalue weighted by Gasteiger charge is -2.39. The molecule has 2 aliphatic rings. The van der Waals surface area contributed by atoms with E-state index in [1.807, 2.05) is 6.92 Å². The van der Waals surface area contributed by atoms with Crippen LogP contribution in [0.1, 0.15) is 6.92 Å². The molecule has 0 unspecified atom stereocenters. The van der Waals surface area contributed by atoms with E-state index in [0.29, 0.717) is 0 Å². The van der Waals surface area contributed by atoms with E-state index < -0.39 is 18.3 Å². The smallest absolute Gasteiger partial charge is 0.159 e. The Hall–Kier alpha value is -0.340. The first-order chi connectivity index (χ1) is 8.21. The van der Waals surface area contributed by atoms with Crippen molar-refractivity contribution in [3.63, 3.8) is 0 Å². The first kappa shape index (κ1) is 13.1. The molecule has 6 nitrogen and oxygen atoms in total. The maximum absolute atomic E-state index is 9.98. The Kier molecular flexibility index (Phi) is 4.26. The minimum absolute atomic E-state index is 0.199. The van der Waals surface area contributed by atoms with Crippen LogP contribution < -0.4 is 5.32 Å². The first-order valence-electron chi connectivity index (χ1n) is 5.66. The zero-order valence-electron chi connectivity index (χ0n) is 9.87. The number of hydrogen-bond acceptors (Lipinski definition) is 7. The van der Waals surface area contributed by atoms with Crippen molar-refractivity contribution in [2.24, 2.45) is 4.99 Å². The van der Waals surface area contributed by atoms with Crippen LogP contribution in [0.25, 0.3) is 0 Å². The molecule has 0 spiro atoms. The average Bonchev–Trinajstić information content (AvgIpc) is 2.71. The third-order valence-electron chi connectivity index (χ3n) is 2.92. The van der Waals surface area contributed by atoms with Gasteiger partial charge >= 0.3 is 0 Å². The first-order valence-corrected chi connectivity index (χ1v) is 6.54. The van der Waals surface area contributed by atoms with Crippen molar-refractivity contribution in [3.05, 3.63) is 0 Å². The summed E-state index contributed by atoms with van der Waals surface area (Å²) in [7, 11) is 1.54. The quantitative estimate of drug-likeness (QED) is 0.615. The van der Waals surface area contributed by atoms with Gasteiger partial charge in [0, 0.05) is 13.7 Å². The van der Waals surface area contributed by atoms with E-state index in [2.05, 4.69) is 10.3 Å². The lowest BCUT2D eigenvalue weighted by molar-refractivity contribution is -0.172. The molecule has 7 heteroatoms. The Morgan fingerprint density at radius 1 is 1.59 bits per heavy atom. The maximum atomic E-state index is 9.98. The number of amidine groups is 1. The number of rotatable bonds is 3. The van der Waals surface area contributed by atoms with Gasteiger partial charge in [-0.1, -0.05) is 11.8 Å². The summed E-state index contributed by atoms with van der Waals surface area (Å²) in [6, 6.07) is -0.225. The Balaban J connectivity index is 2.12. The molecule has 5 atom stereocenters. The number of fused-ring (bicyclic) bond motifs is 1. The lowest BCUT2D eigenvalue weighted by Crippen LogP contribution is -2.56. The van der Waals surface area contributed by atoms with Gasteiger partial charge in [0.05, 0.1) is 6.61 Å². The highest BCUT2D eigenvalue weighted by Crippen LogP contribution is 2.36. The minimum Gasteiger partial charge on any atom is -0.394 e. The van der Waals surface area contributed by atoms with Crippen LogP contribution in [0.2, 0.25) is 0 Å². The molecular formula is C10H18N2O4S. The zero-order chi connectivity index (χ0) is 12.4. The van der Waals surface area contributed by atoms with Gasteiger partial charge in [-0.2, -0.15) is 0 Å². The molecule has 0 aliphatic carbocycles. The molecule has 1 saturated heterocycles. The predicted octanol–water partition coefficient (Wildman–Crippen LogP) is -0.840. The molecule has 2 heterocycles. The summed E-state index contributed by atoms with van der Waals surface area (Å²) >= 11 is 1.47. The molecule has 0 saturated carbocycles. The second kappa shape index (κ2) is 5.53. The zero-order valence-corrected chi connectivity index (χ0v) is 10.7. The predicted molar refractivity (Wildman–Crippen MR) is 65.0 cm³/mol. The number of thioether (sulfide) groups is 1. The molecule has 2 rings (SSSR count). The number of nitrogens with zero attached hydrogens (tertiary/aromatic N) is 1. The number of ether oxygens (including phenoxy) is 2. The Bertz CT molecular complexity index is 302. The molecule has 17 heavy (non-hydrogen) atoms. The largest absolute Gasteiger partial charge is 0.394 e. The molecule has 0 radical (unpaired) electrons. The summed E-state index contributed by atoms with van der Waals surface area (Å²) in [6.07, 6.45) is -1.89. The van der Waals surface area contributed by atoms with E-state index in [-0.39, 0.29) is 18.1 Å². The van der Waals surface area contributed by atoms with Gasteiger partial charge in [0.1, 0.15) is 29.8 Å². The highest BCUT2D eigenvalue weighted by molar-refractivity contribution is 8.14. The topological polar surface area (TPSA) is 83.3 Å². The van der Waals surface area contributed by atoms with Crippen molar-refractivity contribution in [1.29, 1.82) is 0 Å². The number of methoxy groups -OCH3 is 1. The summed E-state index contributed by atoms with van der Waals surface area (Å²) in [5.41, 5.74) is -0.199. The van der Waals surface area contributed by atoms with Crippen LogP contribution in [0, 0.1) is 0 Å². The second-order valence-corrected chi connectivity index (χ2v) is 5.08. The molecule has 2 aliphatic heterocycles. The summed E-state index contributed by atoms with van der Waals surface area (Å²) < 4.78 is 10.9. The fraction of sp³-hybridized carbons (Fsp3) is 0.900. The normalized spacial score (nSPS) is 40.9. The number of aliphatic hydroxyl groups excluding tert-OH is 2. The van der Waals surface area contributed by atoms with Crippen molar-refractivity contribution in [2.75, 3.05) is 20.3 Å². The van der Waals surface area contributed by atoms with Crippen LogP contribution in [-0.4, -0.2) is 65.4 Å². The third kappa shape index (κ3) is 2.43. The number of aliphatic imine (C=N–C) groups is 1. The Labute approximate surface area is 104 Å². The second-order valence-electron chi connectivity index (χ2n) is 3.99. The molecule has 1 fully saturated rings. The van der Waals surface area contributed by atoms with Crippen LogP contribution in [0.3, 0.4) is 0 Å². The number of hydrogen-bond donors (Lipinski definition) is 3. The van der Waals surface area contributed by atoms with Crippen molar-refractivity contribution in [1.82, 2.24) is 5.32 Å². The highest BCUT2D eigenvalue weighted by Gasteiger charge is 2.48. The van der Waals surface area contributed by atoms with Crippen molar-refractivity contribution in [3.8, 4) is 0 Å². The van der Waals surface area contributed by atoms with Gasteiger partial charge in [-0.25, -0.2) is 0 Å². The van der Waals surface area contributed by atoms with Crippen molar-refractivity contribution < 1.29 is 19.7 Å². The van der Waals surface area contributed by atoms with E-state index in [0.717, 1.165) is 11.7 Å². The van der Waals surface area contributed by atoms with E-state index in [9.17, 15) is 5.11 Å². The minimum atomic E-state index is -0.850. The third-order valence-corrected chi connectivity index (χ3v) is 4.01. The highest BCUT2D eigenvalue weighted by atomic mass is 32.2. The van der Waals surface area contributed by atoms with Crippen LogP contribution in [0.4, 0.5) is 0 Å². The molecule has 3 N–H and O–H groups in total. The number of aliphatic hydroxyl groups is 2. The van der Waals surface area contributed by atoms with Gasteiger partial charge in [0.15, 0.2) is 5.17 Å². The van der Waals surface area contributed by atoms with E-state index >= 15 is 0 Å². The summed E-state index contributed by atoms with van der Waals surface area (Å²) in [4.78, 5) is 4.45. The van der Waals surface area contributed by atoms with Crippen LogP contribution in [0.15, 0.2) is 4.99 Å². The van der Waals surface area contributed by atoms with Gasteiger partial charge in [0.2, 0.25) is 0 Å². The molecular weight excluding hydrogens is 244 g/mol. The SMILES string of the molecule is CCNC1=N[C@@H]2[C@@H](OC)[C@H](O)[C@@H](CO)O[C@@H]2S1. The lowest BCUT2D eigenvalue weighted by atomic mass is 9.98. The summed E-state index contributed by atoms with van der Waals surface area (Å²) in [5, 5.41) is 23.1. The monoisotopic (exact) mass is 262 g/mol.